The third kappa shape index (κ3) is 2.88. The molecule has 0 aliphatic heterocycles. The highest BCUT2D eigenvalue weighted by molar-refractivity contribution is 9.10. The first-order chi connectivity index (χ1) is 7.62. The molecule has 1 amide bonds. The minimum absolute atomic E-state index is 0.0670. The second-order valence-electron chi connectivity index (χ2n) is 3.15. The Bertz CT molecular complexity index is 393. The summed E-state index contributed by atoms with van der Waals surface area (Å²) in [6.07, 6.45) is 0.267. The molecule has 0 aliphatic rings. The van der Waals surface area contributed by atoms with Crippen LogP contribution in [0, 0.1) is 0 Å². The first-order valence-electron chi connectivity index (χ1n) is 4.73. The van der Waals surface area contributed by atoms with Gasteiger partial charge in [-0.15, -0.1) is 0 Å². The number of rotatable bonds is 4. The normalized spacial score (nSPS) is 9.75. The number of ether oxygens (including phenoxy) is 2. The summed E-state index contributed by atoms with van der Waals surface area (Å²) in [5.41, 5.74) is 0.793. The van der Waals surface area contributed by atoms with Gasteiger partial charge in [-0.05, 0) is 28.1 Å². The van der Waals surface area contributed by atoms with E-state index in [1.165, 1.54) is 0 Å². The fraction of sp³-hybridized carbons (Fsp3) is 0.364. The first kappa shape index (κ1) is 12.8. The summed E-state index contributed by atoms with van der Waals surface area (Å²) in [7, 11) is 4.75. The maximum atomic E-state index is 11.3. The van der Waals surface area contributed by atoms with Gasteiger partial charge in [-0.1, -0.05) is 0 Å². The van der Waals surface area contributed by atoms with Crippen molar-refractivity contribution in [2.24, 2.45) is 0 Å². The molecule has 0 aliphatic carbocycles. The third-order valence-corrected chi connectivity index (χ3v) is 2.80. The maximum Gasteiger partial charge on any atom is 0.224 e. The van der Waals surface area contributed by atoms with Gasteiger partial charge in [-0.3, -0.25) is 4.79 Å². The molecule has 0 radical (unpaired) electrons. The first-order valence-corrected chi connectivity index (χ1v) is 5.52. The molecule has 1 aromatic rings. The lowest BCUT2D eigenvalue weighted by Crippen LogP contribution is -2.20. The molecule has 4 nitrogen and oxygen atoms in total. The van der Waals surface area contributed by atoms with Gasteiger partial charge in [0.1, 0.15) is 11.5 Å². The van der Waals surface area contributed by atoms with Crippen molar-refractivity contribution in [2.45, 2.75) is 6.42 Å². The number of hydrogen-bond acceptors (Lipinski definition) is 3. The van der Waals surface area contributed by atoms with Crippen molar-refractivity contribution in [1.82, 2.24) is 5.32 Å². The highest BCUT2D eigenvalue weighted by Crippen LogP contribution is 2.32. The van der Waals surface area contributed by atoms with Gasteiger partial charge in [0.05, 0.1) is 25.1 Å². The molecular formula is C11H14BrNO3. The second-order valence-corrected chi connectivity index (χ2v) is 4.00. The predicted molar refractivity (Wildman–Crippen MR) is 65.0 cm³/mol. The molecule has 1 aromatic carbocycles. The third-order valence-electron chi connectivity index (χ3n) is 2.18. The van der Waals surface area contributed by atoms with Crippen LogP contribution in [0.3, 0.4) is 0 Å². The van der Waals surface area contributed by atoms with Crippen LogP contribution < -0.4 is 14.8 Å². The quantitative estimate of drug-likeness (QED) is 0.918. The average molecular weight is 288 g/mol. The molecule has 0 spiro atoms. The van der Waals surface area contributed by atoms with E-state index < -0.39 is 0 Å². The second kappa shape index (κ2) is 5.75. The van der Waals surface area contributed by atoms with E-state index in [9.17, 15) is 4.79 Å². The van der Waals surface area contributed by atoms with E-state index in [0.717, 1.165) is 10.0 Å². The zero-order valence-electron chi connectivity index (χ0n) is 9.46. The minimum atomic E-state index is -0.0670. The lowest BCUT2D eigenvalue weighted by Gasteiger charge is -2.11. The summed E-state index contributed by atoms with van der Waals surface area (Å²) in [5, 5.41) is 2.57. The summed E-state index contributed by atoms with van der Waals surface area (Å²) < 4.78 is 11.2. The number of halogens is 1. The number of hydrogen-bond donors (Lipinski definition) is 1. The predicted octanol–water partition coefficient (Wildman–Crippen LogP) is 1.75. The molecule has 0 heterocycles. The van der Waals surface area contributed by atoms with Gasteiger partial charge >= 0.3 is 0 Å². The van der Waals surface area contributed by atoms with Crippen molar-refractivity contribution >= 4 is 21.8 Å². The van der Waals surface area contributed by atoms with E-state index in [0.29, 0.717) is 11.5 Å². The van der Waals surface area contributed by atoms with Crippen molar-refractivity contribution < 1.29 is 14.3 Å². The van der Waals surface area contributed by atoms with Crippen LogP contribution in [0.15, 0.2) is 16.6 Å². The Hall–Kier alpha value is -1.23. The van der Waals surface area contributed by atoms with E-state index in [-0.39, 0.29) is 12.3 Å². The fourth-order valence-corrected chi connectivity index (χ4v) is 1.81. The largest absolute Gasteiger partial charge is 0.496 e. The molecule has 1 rings (SSSR count). The van der Waals surface area contributed by atoms with Gasteiger partial charge < -0.3 is 14.8 Å². The Morgan fingerprint density at radius 2 is 1.94 bits per heavy atom. The van der Waals surface area contributed by atoms with Crippen molar-refractivity contribution in [3.05, 3.63) is 22.2 Å². The Kier molecular flexibility index (Phi) is 4.61. The summed E-state index contributed by atoms with van der Waals surface area (Å²) >= 11 is 3.36. The summed E-state index contributed by atoms with van der Waals surface area (Å²) in [6.45, 7) is 0. The van der Waals surface area contributed by atoms with Crippen LogP contribution in [0.1, 0.15) is 5.56 Å². The monoisotopic (exact) mass is 287 g/mol. The fourth-order valence-electron chi connectivity index (χ4n) is 1.32. The Labute approximate surface area is 103 Å². The summed E-state index contributed by atoms with van der Waals surface area (Å²) in [5.74, 6) is 1.28. The molecule has 0 saturated carbocycles. The smallest absolute Gasteiger partial charge is 0.224 e. The van der Waals surface area contributed by atoms with Crippen LogP contribution in [-0.4, -0.2) is 27.2 Å². The van der Waals surface area contributed by atoms with E-state index in [4.69, 9.17) is 9.47 Å². The zero-order chi connectivity index (χ0) is 12.1. The minimum Gasteiger partial charge on any atom is -0.496 e. The van der Waals surface area contributed by atoms with Gasteiger partial charge in [0.25, 0.3) is 0 Å². The SMILES string of the molecule is CNC(=O)Cc1cc(OC)c(Br)cc1OC. The lowest BCUT2D eigenvalue weighted by atomic mass is 10.1. The molecule has 0 atom stereocenters. The number of benzene rings is 1. The molecule has 0 bridgehead atoms. The van der Waals surface area contributed by atoms with Gasteiger partial charge in [-0.25, -0.2) is 0 Å². The van der Waals surface area contributed by atoms with Gasteiger partial charge in [-0.2, -0.15) is 0 Å². The van der Waals surface area contributed by atoms with E-state index >= 15 is 0 Å². The van der Waals surface area contributed by atoms with Crippen LogP contribution in [0.4, 0.5) is 0 Å². The topological polar surface area (TPSA) is 47.6 Å². The van der Waals surface area contributed by atoms with Gasteiger partial charge in [0.2, 0.25) is 5.91 Å². The van der Waals surface area contributed by atoms with Crippen LogP contribution >= 0.6 is 15.9 Å². The summed E-state index contributed by atoms with van der Waals surface area (Å²) in [4.78, 5) is 11.3. The van der Waals surface area contributed by atoms with Crippen LogP contribution in [0.25, 0.3) is 0 Å². The molecule has 88 valence electrons. The molecule has 1 N–H and O–H groups in total. The number of carbonyl (C=O) groups is 1. The molecule has 0 saturated heterocycles. The van der Waals surface area contributed by atoms with Crippen molar-refractivity contribution in [3.63, 3.8) is 0 Å². The molecule has 0 aromatic heterocycles. The van der Waals surface area contributed by atoms with Crippen LogP contribution in [-0.2, 0) is 11.2 Å². The molecule has 0 fully saturated rings. The van der Waals surface area contributed by atoms with E-state index in [1.54, 1.807) is 33.4 Å². The average Bonchev–Trinajstić information content (AvgIpc) is 2.30. The molecular weight excluding hydrogens is 274 g/mol. The number of nitrogens with one attached hydrogen (secondary N) is 1. The zero-order valence-corrected chi connectivity index (χ0v) is 11.1. The van der Waals surface area contributed by atoms with Crippen molar-refractivity contribution in [2.75, 3.05) is 21.3 Å². The lowest BCUT2D eigenvalue weighted by molar-refractivity contribution is -0.119. The number of amides is 1. The van der Waals surface area contributed by atoms with E-state index in [1.807, 2.05) is 0 Å². The Balaban J connectivity index is 3.09. The molecule has 16 heavy (non-hydrogen) atoms. The Morgan fingerprint density at radius 3 is 2.44 bits per heavy atom. The van der Waals surface area contributed by atoms with Crippen LogP contribution in [0.5, 0.6) is 11.5 Å². The van der Waals surface area contributed by atoms with Crippen LogP contribution in [0.2, 0.25) is 0 Å². The molecule has 0 unspecified atom stereocenters. The standard InChI is InChI=1S/C11H14BrNO3/c1-13-11(14)5-7-4-10(16-3)8(12)6-9(7)15-2/h4,6H,5H2,1-3H3,(H,13,14). The van der Waals surface area contributed by atoms with Gasteiger partial charge in [0, 0.05) is 12.6 Å². The highest BCUT2D eigenvalue weighted by atomic mass is 79.9. The number of carbonyl (C=O) groups excluding carboxylic acids is 1. The highest BCUT2D eigenvalue weighted by Gasteiger charge is 2.12. The Morgan fingerprint density at radius 1 is 1.31 bits per heavy atom. The van der Waals surface area contributed by atoms with Gasteiger partial charge in [0.15, 0.2) is 0 Å². The number of methoxy groups -OCH3 is 2. The maximum absolute atomic E-state index is 11.3. The van der Waals surface area contributed by atoms with Crippen molar-refractivity contribution in [1.29, 1.82) is 0 Å². The molecule has 5 heteroatoms. The summed E-state index contributed by atoms with van der Waals surface area (Å²) in [6, 6.07) is 3.58. The number of likely N-dealkylation sites (N-methyl/N-ethyl adjacent to an activating group) is 1. The van der Waals surface area contributed by atoms with E-state index in [2.05, 4.69) is 21.2 Å². The van der Waals surface area contributed by atoms with Crippen molar-refractivity contribution in [3.8, 4) is 11.5 Å².